The van der Waals surface area contributed by atoms with Crippen LogP contribution in [0.4, 0.5) is 5.69 Å². The summed E-state index contributed by atoms with van der Waals surface area (Å²) in [6.07, 6.45) is 13.3. The van der Waals surface area contributed by atoms with Crippen LogP contribution in [0, 0.1) is 19.8 Å². The van der Waals surface area contributed by atoms with E-state index in [1.54, 1.807) is 18.2 Å². The zero-order chi connectivity index (χ0) is 44.4. The van der Waals surface area contributed by atoms with Crippen molar-refractivity contribution in [3.63, 3.8) is 0 Å². The lowest BCUT2D eigenvalue weighted by molar-refractivity contribution is 0.0696. The number of nitrogens with zero attached hydrogens (tertiary/aromatic N) is 5. The Hall–Kier alpha value is -5.52. The second-order valence-electron chi connectivity index (χ2n) is 19.6. The number of nitrogens with one attached hydrogen (secondary N) is 2. The summed E-state index contributed by atoms with van der Waals surface area (Å²) in [7, 11) is 0. The minimum absolute atomic E-state index is 0.108. The van der Waals surface area contributed by atoms with Crippen LogP contribution >= 0.6 is 11.3 Å². The third-order valence-corrected chi connectivity index (χ3v) is 16.5. The number of aromatic nitrogens is 4. The molecule has 2 saturated carbocycles. The van der Waals surface area contributed by atoms with Gasteiger partial charge in [0.15, 0.2) is 0 Å². The Balaban J connectivity index is 1.02. The number of imidazole rings is 1. The summed E-state index contributed by atoms with van der Waals surface area (Å²) in [5, 5.41) is 15.6. The number of pyridine rings is 1. The van der Waals surface area contributed by atoms with Crippen LogP contribution in [0.3, 0.4) is 0 Å². The van der Waals surface area contributed by atoms with Crippen molar-refractivity contribution >= 4 is 61.7 Å². The number of carbonyl (C=O) groups excluding carboxylic acids is 1. The highest BCUT2D eigenvalue weighted by Crippen LogP contribution is 2.50. The molecule has 7 aromatic rings. The number of benzene rings is 3. The summed E-state index contributed by atoms with van der Waals surface area (Å²) in [6, 6.07) is 22.9. The predicted molar refractivity (Wildman–Crippen MR) is 264 cm³/mol. The van der Waals surface area contributed by atoms with E-state index in [-0.39, 0.29) is 11.5 Å². The Morgan fingerprint density at radius 2 is 1.63 bits per heavy atom. The van der Waals surface area contributed by atoms with Gasteiger partial charge in [-0.3, -0.25) is 4.79 Å². The van der Waals surface area contributed by atoms with Gasteiger partial charge in [0.25, 0.3) is 5.91 Å². The molecule has 10 nitrogen and oxygen atoms in total. The number of carboxylic acid groups (broad SMARTS) is 1. The average Bonchev–Trinajstić information content (AvgIpc) is 4.11. The zero-order valence-corrected chi connectivity index (χ0v) is 39.0. The van der Waals surface area contributed by atoms with Crippen molar-refractivity contribution in [2.45, 2.75) is 116 Å². The number of anilines is 1. The van der Waals surface area contributed by atoms with Crippen molar-refractivity contribution in [1.29, 1.82) is 0 Å². The Labute approximate surface area is 385 Å². The first-order valence-electron chi connectivity index (χ1n) is 24.4. The number of amides is 1. The van der Waals surface area contributed by atoms with Crippen molar-refractivity contribution in [3.8, 4) is 22.5 Å². The number of piperidine rings is 1. The van der Waals surface area contributed by atoms with E-state index in [4.69, 9.17) is 9.97 Å². The summed E-state index contributed by atoms with van der Waals surface area (Å²) in [5.41, 5.74) is 11.4. The number of carboxylic acids is 1. The minimum Gasteiger partial charge on any atom is -0.478 e. The summed E-state index contributed by atoms with van der Waals surface area (Å²) in [4.78, 5) is 48.2. The largest absolute Gasteiger partial charge is 0.478 e. The Kier molecular flexibility index (Phi) is 11.0. The van der Waals surface area contributed by atoms with Crippen molar-refractivity contribution in [2.24, 2.45) is 5.92 Å². The SMILES string of the molecule is CCN1CCCC(CCN2CCn3c(c(C4CCCCC4)c4ccc(C(=O)NC5(c6nc7ccc(C(=O)O)cc7[nH]6)CCCC5)cc43)-c3ccc4nc(-c5cc(C)sc5C)ccc4c32)C1. The van der Waals surface area contributed by atoms with Crippen LogP contribution in [0.2, 0.25) is 0 Å². The molecule has 6 heterocycles. The monoisotopic (exact) mass is 887 g/mol. The van der Waals surface area contributed by atoms with Crippen LogP contribution in [-0.4, -0.2) is 74.1 Å². The second-order valence-corrected chi connectivity index (χ2v) is 21.0. The maximum Gasteiger partial charge on any atom is 0.335 e. The molecule has 11 heteroatoms. The molecule has 3 fully saturated rings. The van der Waals surface area contributed by atoms with Gasteiger partial charge in [-0.05, 0) is 150 Å². The normalized spacial score (nSPS) is 19.2. The molecule has 0 spiro atoms. The first-order valence-corrected chi connectivity index (χ1v) is 25.2. The smallest absolute Gasteiger partial charge is 0.335 e. The molecule has 3 N–H and O–H groups in total. The number of thiophene rings is 1. The topological polar surface area (TPSA) is 119 Å². The van der Waals surface area contributed by atoms with Gasteiger partial charge >= 0.3 is 5.97 Å². The third-order valence-electron chi connectivity index (χ3n) is 15.6. The van der Waals surface area contributed by atoms with Crippen LogP contribution in [0.15, 0.2) is 66.7 Å². The maximum atomic E-state index is 14.7. The molecule has 2 aliphatic heterocycles. The van der Waals surface area contributed by atoms with E-state index in [1.165, 1.54) is 107 Å². The van der Waals surface area contributed by atoms with E-state index in [2.05, 4.69) is 87.9 Å². The molecule has 65 heavy (non-hydrogen) atoms. The standard InChI is InChI=1S/C54H61N7O3S/c1-4-59-25-10-11-35(32-59)22-26-60-27-28-61-47-31-37(51(62)58-54(23-8-9-24-54)53-56-45-19-15-38(52(63)64)30-46(45)57-53)14-16-40(47)48(36-12-6-5-7-13-36)50(61)41-18-21-43-39(49(41)60)17-20-44(55-43)42-29-33(2)65-34(42)3/h14-21,29-31,35-36H,4-13,22-28,32H2,1-3H3,(H,56,57)(H,58,62)(H,63,64). The molecule has 1 saturated heterocycles. The van der Waals surface area contributed by atoms with E-state index in [9.17, 15) is 14.7 Å². The Bertz CT molecular complexity index is 2970. The van der Waals surface area contributed by atoms with Gasteiger partial charge in [-0.1, -0.05) is 45.1 Å². The molecule has 1 atom stereocenters. The number of fused-ring (bicyclic) bond motifs is 8. The molecule has 11 rings (SSSR count). The number of hydrogen-bond acceptors (Lipinski definition) is 7. The van der Waals surface area contributed by atoms with Crippen molar-refractivity contribution in [2.75, 3.05) is 37.6 Å². The van der Waals surface area contributed by atoms with Gasteiger partial charge in [-0.25, -0.2) is 14.8 Å². The van der Waals surface area contributed by atoms with Crippen LogP contribution in [0.25, 0.3) is 55.4 Å². The van der Waals surface area contributed by atoms with Gasteiger partial charge in [-0.15, -0.1) is 11.3 Å². The molecule has 0 radical (unpaired) electrons. The molecule has 0 bridgehead atoms. The Morgan fingerprint density at radius 3 is 2.42 bits per heavy atom. The number of carbonyl (C=O) groups is 2. The second kappa shape index (κ2) is 17.0. The number of aryl methyl sites for hydroxylation is 2. The van der Waals surface area contributed by atoms with Gasteiger partial charge in [0, 0.05) is 68.9 Å². The molecule has 2 aliphatic carbocycles. The van der Waals surface area contributed by atoms with E-state index in [1.807, 2.05) is 17.4 Å². The van der Waals surface area contributed by atoms with Gasteiger partial charge < -0.3 is 29.8 Å². The molecule has 1 amide bonds. The summed E-state index contributed by atoms with van der Waals surface area (Å²) in [5.74, 6) is 0.739. The van der Waals surface area contributed by atoms with Crippen LogP contribution < -0.4 is 10.2 Å². The van der Waals surface area contributed by atoms with Gasteiger partial charge in [-0.2, -0.15) is 0 Å². The highest BCUT2D eigenvalue weighted by atomic mass is 32.1. The fourth-order valence-corrected chi connectivity index (χ4v) is 13.2. The lowest BCUT2D eigenvalue weighted by atomic mass is 9.81. The average molecular weight is 888 g/mol. The van der Waals surface area contributed by atoms with E-state index < -0.39 is 11.5 Å². The lowest BCUT2D eigenvalue weighted by Crippen LogP contribution is -2.44. The van der Waals surface area contributed by atoms with E-state index in [0.717, 1.165) is 75.0 Å². The molecular weight excluding hydrogens is 827 g/mol. The van der Waals surface area contributed by atoms with E-state index >= 15 is 0 Å². The molecule has 3 aromatic carbocycles. The number of aromatic carboxylic acids is 1. The number of aromatic amines is 1. The summed E-state index contributed by atoms with van der Waals surface area (Å²) in [6.45, 7) is 12.9. The fraction of sp³-hybridized carbons (Fsp3) is 0.444. The number of H-pyrrole nitrogens is 1. The first-order chi connectivity index (χ1) is 31.7. The van der Waals surface area contributed by atoms with Crippen molar-refractivity contribution in [3.05, 3.63) is 99.0 Å². The van der Waals surface area contributed by atoms with E-state index in [0.29, 0.717) is 34.3 Å². The Morgan fingerprint density at radius 1 is 0.831 bits per heavy atom. The molecule has 336 valence electrons. The predicted octanol–water partition coefficient (Wildman–Crippen LogP) is 12.0. The third kappa shape index (κ3) is 7.62. The zero-order valence-electron chi connectivity index (χ0n) is 38.1. The van der Waals surface area contributed by atoms with Crippen LogP contribution in [-0.2, 0) is 12.1 Å². The lowest BCUT2D eigenvalue weighted by Gasteiger charge is -2.34. The highest BCUT2D eigenvalue weighted by molar-refractivity contribution is 7.12. The summed E-state index contributed by atoms with van der Waals surface area (Å²) < 4.78 is 2.57. The van der Waals surface area contributed by atoms with Gasteiger partial charge in [0.05, 0.1) is 44.7 Å². The highest BCUT2D eigenvalue weighted by Gasteiger charge is 2.41. The molecule has 4 aliphatic rings. The number of hydrogen-bond donors (Lipinski definition) is 3. The first kappa shape index (κ1) is 42.1. The van der Waals surface area contributed by atoms with Crippen molar-refractivity contribution in [1.82, 2.24) is 29.7 Å². The van der Waals surface area contributed by atoms with Gasteiger partial charge in [0.1, 0.15) is 5.82 Å². The fourth-order valence-electron chi connectivity index (χ4n) is 12.2. The van der Waals surface area contributed by atoms with Gasteiger partial charge in [0.2, 0.25) is 0 Å². The van der Waals surface area contributed by atoms with Crippen molar-refractivity contribution < 1.29 is 14.7 Å². The van der Waals surface area contributed by atoms with Crippen LogP contribution in [0.5, 0.6) is 0 Å². The minimum atomic E-state index is -0.977. The quantitative estimate of drug-likeness (QED) is 0.125. The number of rotatable bonds is 10. The number of likely N-dealkylation sites (tertiary alicyclic amines) is 1. The summed E-state index contributed by atoms with van der Waals surface area (Å²) >= 11 is 1.84. The molecule has 1 unspecified atom stereocenters. The maximum absolute atomic E-state index is 14.7. The molecule has 4 aromatic heterocycles. The molecular formula is C54H61N7O3S. The van der Waals surface area contributed by atoms with Crippen LogP contribution in [0.1, 0.15) is 132 Å².